The average Bonchev–Trinajstić information content (AvgIpc) is 4.05. The third-order valence-corrected chi connectivity index (χ3v) is 15.1. The number of benzene rings is 2. The second kappa shape index (κ2) is 25.6. The molecule has 2 aromatic carbocycles. The van der Waals surface area contributed by atoms with E-state index in [1.807, 2.05) is 23.0 Å². The van der Waals surface area contributed by atoms with Crippen molar-refractivity contribution in [1.29, 1.82) is 0 Å². The second-order valence-electron chi connectivity index (χ2n) is 20.5. The van der Waals surface area contributed by atoms with Crippen molar-refractivity contribution in [2.24, 2.45) is 17.8 Å². The van der Waals surface area contributed by atoms with Crippen LogP contribution < -0.4 is 5.32 Å². The van der Waals surface area contributed by atoms with Gasteiger partial charge in [-0.3, -0.25) is 19.6 Å². The molecule has 4 heterocycles. The minimum Gasteiger partial charge on any atom is -0.479 e. The molecule has 410 valence electrons. The van der Waals surface area contributed by atoms with E-state index >= 15 is 0 Å². The monoisotopic (exact) mass is 1050 g/mol. The van der Waals surface area contributed by atoms with E-state index in [2.05, 4.69) is 15.6 Å². The molecule has 1 amide bonds. The first-order chi connectivity index (χ1) is 36.1. The van der Waals surface area contributed by atoms with Gasteiger partial charge in [-0.25, -0.2) is 9.59 Å². The lowest BCUT2D eigenvalue weighted by Crippen LogP contribution is -2.64. The van der Waals surface area contributed by atoms with Crippen molar-refractivity contribution in [3.8, 4) is 0 Å². The molecule has 4 aliphatic rings. The lowest BCUT2D eigenvalue weighted by Gasteiger charge is -2.48. The number of aliphatic hydroxyl groups excluding tert-OH is 5. The molecule has 15 atom stereocenters. The van der Waals surface area contributed by atoms with Crippen molar-refractivity contribution in [1.82, 2.24) is 24.9 Å². The van der Waals surface area contributed by atoms with Crippen molar-refractivity contribution >= 4 is 34.4 Å². The van der Waals surface area contributed by atoms with Crippen molar-refractivity contribution in [3.05, 3.63) is 88.4 Å². The highest BCUT2D eigenvalue weighted by atomic mass is 16.7. The summed E-state index contributed by atoms with van der Waals surface area (Å²) in [7, 11) is 0. The maximum Gasteiger partial charge on any atom is 0.338 e. The molecule has 0 bridgehead atoms. The molecule has 75 heavy (non-hydrogen) atoms. The molecule has 0 radical (unpaired) electrons. The van der Waals surface area contributed by atoms with Crippen LogP contribution in [0.2, 0.25) is 0 Å². The number of aliphatic hydroxyl groups is 5. The number of nitrogens with one attached hydrogen (secondary N) is 1. The van der Waals surface area contributed by atoms with Gasteiger partial charge in [0.05, 0.1) is 47.6 Å². The summed E-state index contributed by atoms with van der Waals surface area (Å²) in [5, 5.41) is 88.5. The largest absolute Gasteiger partial charge is 0.479 e. The van der Waals surface area contributed by atoms with Crippen LogP contribution in [0.5, 0.6) is 0 Å². The molecule has 7 N–H and O–H groups in total. The number of carboxylic acids is 1. The van der Waals surface area contributed by atoms with Crippen LogP contribution in [0.15, 0.2) is 67.0 Å². The maximum atomic E-state index is 14.1. The fourth-order valence-electron chi connectivity index (χ4n) is 10.9. The topological polar surface area (TPSA) is 319 Å². The maximum absolute atomic E-state index is 14.1. The first-order valence-electron chi connectivity index (χ1n) is 26.1. The van der Waals surface area contributed by atoms with Gasteiger partial charge in [0.25, 0.3) is 5.69 Å². The van der Waals surface area contributed by atoms with E-state index in [0.29, 0.717) is 38.9 Å². The molecular weight excluding hydrogens is 981 g/mol. The lowest BCUT2D eigenvalue weighted by molar-refractivity contribution is -0.384. The van der Waals surface area contributed by atoms with Gasteiger partial charge in [0.2, 0.25) is 5.91 Å². The minimum atomic E-state index is -1.70. The number of unbranched alkanes of at least 4 members (excludes halogenated alkanes) is 1. The number of nitro benzene ring substituents is 1. The van der Waals surface area contributed by atoms with Crippen molar-refractivity contribution in [2.45, 2.75) is 177 Å². The average molecular weight is 1050 g/mol. The van der Waals surface area contributed by atoms with Crippen LogP contribution in [0.25, 0.3) is 10.9 Å². The van der Waals surface area contributed by atoms with Crippen LogP contribution >= 0.6 is 0 Å². The summed E-state index contributed by atoms with van der Waals surface area (Å²) < 4.78 is 41.2. The zero-order valence-corrected chi connectivity index (χ0v) is 42.1. The number of nitro groups is 1. The fraction of sp³-hybridized carbons (Fsp3) is 0.635. The van der Waals surface area contributed by atoms with Crippen LogP contribution in [-0.4, -0.2) is 166 Å². The SMILES string of the molecule is CC1CC(C(=O)NCCCCc2cn(CCn3ccc4cc([N+](=O)[O-])ccc43)nn2)C[C@@H](O[C@@H]2OC(CO)[C@H](O)C(O[C@@H](CC3CCCCC3)C(=O)O)C2OC(=O)c2ccccc2)C1O[C@@H]1OC(C)[C@@H](O)C(O)C1O. The Bertz CT molecular complexity index is 2520. The Morgan fingerprint density at radius 2 is 1.65 bits per heavy atom. The molecule has 23 heteroatoms. The number of amides is 1. The van der Waals surface area contributed by atoms with Gasteiger partial charge in [-0.2, -0.15) is 0 Å². The number of aromatic nitrogens is 4. The van der Waals surface area contributed by atoms with E-state index in [1.54, 1.807) is 41.9 Å². The summed E-state index contributed by atoms with van der Waals surface area (Å²) >= 11 is 0. The number of aryl methyl sites for hydroxylation is 3. The van der Waals surface area contributed by atoms with Crippen LogP contribution in [0.4, 0.5) is 5.69 Å². The summed E-state index contributed by atoms with van der Waals surface area (Å²) in [6.07, 6.45) is -8.25. The number of non-ortho nitro benzene ring substituents is 1. The number of fused-ring (bicyclic) bond motifs is 1. The van der Waals surface area contributed by atoms with Crippen LogP contribution in [0.1, 0.15) is 94.1 Å². The molecule has 0 spiro atoms. The van der Waals surface area contributed by atoms with Gasteiger partial charge < -0.3 is 68.9 Å². The van der Waals surface area contributed by atoms with E-state index in [0.717, 1.165) is 48.7 Å². The van der Waals surface area contributed by atoms with Crippen molar-refractivity contribution in [2.75, 3.05) is 13.2 Å². The second-order valence-corrected chi connectivity index (χ2v) is 20.5. The van der Waals surface area contributed by atoms with Gasteiger partial charge in [-0.05, 0) is 81.5 Å². The number of rotatable bonds is 22. The third-order valence-electron chi connectivity index (χ3n) is 15.1. The van der Waals surface area contributed by atoms with Crippen LogP contribution in [0.3, 0.4) is 0 Å². The summed E-state index contributed by atoms with van der Waals surface area (Å²) in [6.45, 7) is 3.96. The Morgan fingerprint density at radius 1 is 0.880 bits per heavy atom. The highest BCUT2D eigenvalue weighted by Crippen LogP contribution is 2.39. The summed E-state index contributed by atoms with van der Waals surface area (Å²) in [6, 6.07) is 14.5. The van der Waals surface area contributed by atoms with E-state index in [-0.39, 0.29) is 42.3 Å². The molecule has 23 nitrogen and oxygen atoms in total. The Hall–Kier alpha value is -5.47. The van der Waals surface area contributed by atoms with Gasteiger partial charge in [-0.15, -0.1) is 5.10 Å². The highest BCUT2D eigenvalue weighted by molar-refractivity contribution is 5.89. The molecule has 2 aliphatic carbocycles. The number of ether oxygens (including phenoxy) is 6. The Kier molecular flexibility index (Phi) is 19.0. The van der Waals surface area contributed by atoms with Crippen LogP contribution in [-0.2, 0) is 57.5 Å². The minimum absolute atomic E-state index is 0.0251. The van der Waals surface area contributed by atoms with Gasteiger partial charge in [0.15, 0.2) is 24.8 Å². The first kappa shape index (κ1) is 55.8. The molecule has 9 unspecified atom stereocenters. The Labute approximate surface area is 433 Å². The molecule has 2 saturated heterocycles. The molecule has 4 fully saturated rings. The van der Waals surface area contributed by atoms with Crippen molar-refractivity contribution in [3.63, 3.8) is 0 Å². The van der Waals surface area contributed by atoms with E-state index in [1.165, 1.54) is 25.1 Å². The van der Waals surface area contributed by atoms with Crippen molar-refractivity contribution < 1.29 is 78.4 Å². The van der Waals surface area contributed by atoms with E-state index in [4.69, 9.17) is 28.4 Å². The number of hydrogen-bond donors (Lipinski definition) is 7. The predicted octanol–water partition coefficient (Wildman–Crippen LogP) is 3.04. The fourth-order valence-corrected chi connectivity index (χ4v) is 10.9. The summed E-state index contributed by atoms with van der Waals surface area (Å²) in [4.78, 5) is 51.5. The zero-order chi connectivity index (χ0) is 53.3. The quantitative estimate of drug-likeness (QED) is 0.0257. The third kappa shape index (κ3) is 13.7. The lowest BCUT2D eigenvalue weighted by atomic mass is 9.77. The number of carboxylic acid groups (broad SMARTS) is 1. The molecular formula is C52H70N6O17. The van der Waals surface area contributed by atoms with Gasteiger partial charge in [0.1, 0.15) is 36.6 Å². The Morgan fingerprint density at radius 3 is 2.39 bits per heavy atom. The Balaban J connectivity index is 0.954. The van der Waals surface area contributed by atoms with Gasteiger partial charge in [-0.1, -0.05) is 62.4 Å². The van der Waals surface area contributed by atoms with E-state index in [9.17, 15) is 55.1 Å². The van der Waals surface area contributed by atoms with E-state index < -0.39 is 115 Å². The first-order valence-corrected chi connectivity index (χ1v) is 26.1. The number of esters is 1. The number of carbonyl (C=O) groups is 3. The van der Waals surface area contributed by atoms with Crippen LogP contribution in [0, 0.1) is 27.9 Å². The summed E-state index contributed by atoms with van der Waals surface area (Å²) in [5.74, 6) is -3.62. The number of nitrogens with zero attached hydrogens (tertiary/aromatic N) is 5. The smallest absolute Gasteiger partial charge is 0.338 e. The normalized spacial score (nSPS) is 30.9. The van der Waals surface area contributed by atoms with Gasteiger partial charge in [0, 0.05) is 54.4 Å². The molecule has 2 saturated carbocycles. The molecule has 2 aliphatic heterocycles. The predicted molar refractivity (Wildman–Crippen MR) is 263 cm³/mol. The molecule has 8 rings (SSSR count). The number of aliphatic carboxylic acids is 1. The summed E-state index contributed by atoms with van der Waals surface area (Å²) in [5.41, 5.74) is 1.79. The zero-order valence-electron chi connectivity index (χ0n) is 42.1. The number of carbonyl (C=O) groups excluding carboxylic acids is 2. The number of hydrogen-bond acceptors (Lipinski definition) is 18. The molecule has 4 aromatic rings. The van der Waals surface area contributed by atoms with Gasteiger partial charge >= 0.3 is 11.9 Å². The highest BCUT2D eigenvalue weighted by Gasteiger charge is 2.54. The molecule has 2 aromatic heterocycles. The standard InChI is InChI=1S/C52H70N6O17/c1-29-23-34(48(64)53-19-10-9-15-35-27-57(55-54-35)22-21-56-20-18-33-25-36(58(68)69)16-17-37(33)56)26-38(45(29)75-51-44(63)43(62)41(60)30(2)70-51)72-52-47(74-50(67)32-13-7-4-8-14-32)46(42(61)40(28-59)73-52)71-39(49(65)66)24-31-11-5-3-6-12-31/h4,7-8,13-14,16-18,20,25,27,29-31,34,38-47,51-52,59-63H,3,5-6,9-12,15,19,21-24,26,28H2,1-2H3,(H,53,64)(H,65,66)/t29?,30?,34?,38-,39+,40?,41-,42+,43?,44?,45?,46?,47?,51+,52-/m1/s1.